The van der Waals surface area contributed by atoms with Crippen LogP contribution >= 0.6 is 0 Å². The first-order valence-corrected chi connectivity index (χ1v) is 20.3. The number of hydrogen-bond donors (Lipinski definition) is 2. The van der Waals surface area contributed by atoms with Crippen LogP contribution < -0.4 is 17.7 Å². The van der Waals surface area contributed by atoms with Crippen molar-refractivity contribution < 1.29 is 22.8 Å². The first-order valence-electron chi connectivity index (χ1n) is 20.3. The molecule has 0 amide bonds. The second-order valence-corrected chi connectivity index (χ2v) is 14.0. The summed E-state index contributed by atoms with van der Waals surface area (Å²) in [6.45, 7) is 6.07. The highest BCUT2D eigenvalue weighted by atomic mass is 35.5. The van der Waals surface area contributed by atoms with Crippen LogP contribution in [0.5, 0.6) is 0 Å². The number of aliphatic hydroxyl groups excluding tert-OH is 1. The van der Waals surface area contributed by atoms with Crippen LogP contribution in [0.4, 0.5) is 0 Å². The van der Waals surface area contributed by atoms with Gasteiger partial charge in [-0.05, 0) is 25.7 Å². The molecule has 0 aliphatic rings. The van der Waals surface area contributed by atoms with Gasteiger partial charge in [-0.1, -0.05) is 206 Å². The van der Waals surface area contributed by atoms with E-state index in [1.165, 1.54) is 218 Å². The van der Waals surface area contributed by atoms with Gasteiger partial charge in [0, 0.05) is 13.0 Å². The maximum Gasteiger partial charge on any atom is 0.0859 e. The molecule has 3 heteroatoms. The normalized spacial score (nSPS) is 11.4. The smallest absolute Gasteiger partial charge is 0.0859 e. The predicted molar refractivity (Wildman–Crippen MR) is 191 cm³/mol. The molecule has 0 aliphatic heterocycles. The van der Waals surface area contributed by atoms with E-state index in [2.05, 4.69) is 19.2 Å². The first-order chi connectivity index (χ1) is 20.8. The Morgan fingerprint density at radius 2 is 0.581 bits per heavy atom. The third-order valence-electron chi connectivity index (χ3n) is 9.72. The number of halogens is 1. The Hall–Kier alpha value is 0.210. The average Bonchev–Trinajstić information content (AvgIpc) is 3.00. The Balaban J connectivity index is 0. The highest BCUT2D eigenvalue weighted by Gasteiger charge is 2.11. The summed E-state index contributed by atoms with van der Waals surface area (Å²) in [7, 11) is 0. The Kier molecular flexibility index (Phi) is 44.5. The fraction of sp³-hybridized carbons (Fsp3) is 1.00. The van der Waals surface area contributed by atoms with Crippen molar-refractivity contribution in [1.29, 1.82) is 0 Å². The quantitative estimate of drug-likeness (QED) is 0.0655. The Morgan fingerprint density at radius 1 is 0.349 bits per heavy atom. The molecule has 262 valence electrons. The number of quaternary nitrogens is 1. The zero-order valence-electron chi connectivity index (χ0n) is 30.1. The van der Waals surface area contributed by atoms with Gasteiger partial charge in [-0.2, -0.15) is 0 Å². The van der Waals surface area contributed by atoms with E-state index in [-0.39, 0.29) is 12.4 Å². The van der Waals surface area contributed by atoms with E-state index in [9.17, 15) is 5.11 Å². The number of unbranched alkanes of at least 4 members (excludes halogenated alkanes) is 30. The van der Waals surface area contributed by atoms with Gasteiger partial charge in [-0.25, -0.2) is 0 Å². The molecule has 0 unspecified atom stereocenters. The molecule has 2 nitrogen and oxygen atoms in total. The van der Waals surface area contributed by atoms with Crippen molar-refractivity contribution in [2.45, 2.75) is 245 Å². The molecule has 0 bridgehead atoms. The summed E-state index contributed by atoms with van der Waals surface area (Å²) >= 11 is 0. The minimum absolute atomic E-state index is 0. The monoisotopic (exact) mass is 630 g/mol. The van der Waals surface area contributed by atoms with E-state index in [1.807, 2.05) is 0 Å². The first kappa shape index (κ1) is 45.3. The summed E-state index contributed by atoms with van der Waals surface area (Å²) in [5, 5.41) is 11.8. The van der Waals surface area contributed by atoms with Crippen LogP contribution in [0.25, 0.3) is 0 Å². The van der Waals surface area contributed by atoms with Crippen molar-refractivity contribution >= 4 is 0 Å². The maximum absolute atomic E-state index is 9.21. The van der Waals surface area contributed by atoms with Gasteiger partial charge in [-0.15, -0.1) is 0 Å². The van der Waals surface area contributed by atoms with Crippen molar-refractivity contribution in [2.24, 2.45) is 0 Å². The van der Waals surface area contributed by atoms with Crippen LogP contribution in [0.2, 0.25) is 0 Å². The molecule has 0 saturated heterocycles. The maximum atomic E-state index is 9.21. The topological polar surface area (TPSA) is 36.8 Å². The summed E-state index contributed by atoms with van der Waals surface area (Å²) in [5.41, 5.74) is 0. The Labute approximate surface area is 279 Å². The average molecular weight is 631 g/mol. The van der Waals surface area contributed by atoms with E-state index < -0.39 is 0 Å². The highest BCUT2D eigenvalue weighted by molar-refractivity contribution is 4.58. The Morgan fingerprint density at radius 3 is 0.814 bits per heavy atom. The van der Waals surface area contributed by atoms with Crippen LogP contribution in [0.3, 0.4) is 0 Å². The largest absolute Gasteiger partial charge is 1.00 e. The van der Waals surface area contributed by atoms with Crippen molar-refractivity contribution in [3.05, 3.63) is 0 Å². The van der Waals surface area contributed by atoms with Gasteiger partial charge < -0.3 is 22.8 Å². The van der Waals surface area contributed by atoms with Gasteiger partial charge in [0.2, 0.25) is 0 Å². The lowest BCUT2D eigenvalue weighted by Gasteiger charge is -2.15. The number of rotatable bonds is 38. The van der Waals surface area contributed by atoms with Crippen LogP contribution in [0.15, 0.2) is 0 Å². The number of hydrogen-bond acceptors (Lipinski definition) is 1. The zero-order valence-corrected chi connectivity index (χ0v) is 30.9. The molecule has 0 radical (unpaired) electrons. The van der Waals surface area contributed by atoms with Gasteiger partial charge in [0.05, 0.1) is 12.6 Å². The summed E-state index contributed by atoms with van der Waals surface area (Å²) in [6, 6.07) is 0.801. The lowest BCUT2D eigenvalue weighted by atomic mass is 9.99. The van der Waals surface area contributed by atoms with Crippen LogP contribution in [-0.4, -0.2) is 24.3 Å². The second-order valence-electron chi connectivity index (χ2n) is 14.0. The van der Waals surface area contributed by atoms with Gasteiger partial charge in [-0.3, -0.25) is 0 Å². The molecule has 0 aromatic carbocycles. The molecule has 0 aliphatic carbocycles. The molecule has 0 saturated carbocycles. The minimum Gasteiger partial charge on any atom is -1.00 e. The molecule has 43 heavy (non-hydrogen) atoms. The van der Waals surface area contributed by atoms with Crippen molar-refractivity contribution in [3.63, 3.8) is 0 Å². The molecule has 0 aromatic rings. The molecular formula is C40H84ClNO. The summed E-state index contributed by atoms with van der Waals surface area (Å²) in [6.07, 6.45) is 50.2. The van der Waals surface area contributed by atoms with Crippen LogP contribution in [0.1, 0.15) is 239 Å². The molecule has 0 atom stereocenters. The van der Waals surface area contributed by atoms with Gasteiger partial charge in [0.15, 0.2) is 0 Å². The molecule has 3 N–H and O–H groups in total. The molecule has 0 rings (SSSR count). The second kappa shape index (κ2) is 42.2. The Bertz CT molecular complexity index is 424. The molecule has 0 heterocycles. The van der Waals surface area contributed by atoms with Gasteiger partial charge in [0.25, 0.3) is 0 Å². The third kappa shape index (κ3) is 40.2. The SMILES string of the molecule is CCCCCCCCCCCCCCCCCCC(CCCCCCCCCCCCCCCCCC)[NH2+]CCCO.[Cl-]. The zero-order chi connectivity index (χ0) is 30.4. The van der Waals surface area contributed by atoms with Crippen molar-refractivity contribution in [1.82, 2.24) is 0 Å². The van der Waals surface area contributed by atoms with E-state index >= 15 is 0 Å². The standard InChI is InChI=1S/C40H83NO.ClH/c1-3-5-7-9-11-13-15-17-19-21-23-25-27-29-31-33-36-40(41-38-35-39-42)37-34-32-30-28-26-24-22-20-18-16-14-12-10-8-6-4-2;/h40-42H,3-39H2,1-2H3;1H. The summed E-state index contributed by atoms with van der Waals surface area (Å²) in [4.78, 5) is 0. The molecule has 0 spiro atoms. The van der Waals surface area contributed by atoms with E-state index in [4.69, 9.17) is 0 Å². The highest BCUT2D eigenvalue weighted by Crippen LogP contribution is 2.17. The third-order valence-corrected chi connectivity index (χ3v) is 9.72. The lowest BCUT2D eigenvalue weighted by Crippen LogP contribution is -3.00. The minimum atomic E-state index is 0. The van der Waals surface area contributed by atoms with E-state index in [0.29, 0.717) is 6.61 Å². The fourth-order valence-electron chi connectivity index (χ4n) is 6.73. The van der Waals surface area contributed by atoms with Crippen molar-refractivity contribution in [2.75, 3.05) is 13.2 Å². The van der Waals surface area contributed by atoms with Gasteiger partial charge >= 0.3 is 0 Å². The summed E-state index contributed by atoms with van der Waals surface area (Å²) < 4.78 is 0. The van der Waals surface area contributed by atoms with Crippen LogP contribution in [0, 0.1) is 0 Å². The van der Waals surface area contributed by atoms with Crippen molar-refractivity contribution in [3.8, 4) is 0 Å². The molecular weight excluding hydrogens is 546 g/mol. The molecule has 0 fully saturated rings. The summed E-state index contributed by atoms with van der Waals surface area (Å²) in [5.74, 6) is 0. The van der Waals surface area contributed by atoms with Gasteiger partial charge in [0.1, 0.15) is 0 Å². The van der Waals surface area contributed by atoms with Crippen LogP contribution in [-0.2, 0) is 0 Å². The van der Waals surface area contributed by atoms with E-state index in [1.54, 1.807) is 0 Å². The predicted octanol–water partition coefficient (Wildman–Crippen LogP) is 9.61. The van der Waals surface area contributed by atoms with E-state index in [0.717, 1.165) is 19.0 Å². The lowest BCUT2D eigenvalue weighted by molar-refractivity contribution is -0.691. The molecule has 0 aromatic heterocycles. The number of aliphatic hydroxyl groups is 1. The fourth-order valence-corrected chi connectivity index (χ4v) is 6.73. The number of nitrogens with two attached hydrogens (primary N) is 1.